The van der Waals surface area contributed by atoms with Crippen molar-refractivity contribution in [3.05, 3.63) is 35.9 Å². The van der Waals surface area contributed by atoms with Crippen LogP contribution < -0.4 is 0 Å². The highest BCUT2D eigenvalue weighted by Crippen LogP contribution is 2.26. The van der Waals surface area contributed by atoms with Gasteiger partial charge in [0.1, 0.15) is 0 Å². The summed E-state index contributed by atoms with van der Waals surface area (Å²) in [5, 5.41) is 9.15. The Morgan fingerprint density at radius 3 is 2.89 bits per heavy atom. The normalized spacial score (nSPS) is 22.7. The molecule has 0 saturated carbocycles. The number of benzene rings is 1. The number of rotatable bonds is 4. The van der Waals surface area contributed by atoms with Gasteiger partial charge >= 0.3 is 5.97 Å². The van der Waals surface area contributed by atoms with Gasteiger partial charge in [-0.3, -0.25) is 9.69 Å². The molecular weight excluding hydrogens is 242 g/mol. The second-order valence-corrected chi connectivity index (χ2v) is 5.05. The number of hydrogen-bond acceptors (Lipinski definition) is 3. The summed E-state index contributed by atoms with van der Waals surface area (Å²) in [5.41, 5.74) is 1.07. The van der Waals surface area contributed by atoms with Gasteiger partial charge in [0.05, 0.1) is 12.5 Å². The van der Waals surface area contributed by atoms with Crippen LogP contribution in [-0.4, -0.2) is 41.8 Å². The van der Waals surface area contributed by atoms with Gasteiger partial charge in [-0.15, -0.1) is 0 Å². The first-order chi connectivity index (χ1) is 9.16. The fraction of sp³-hybridized carbons (Fsp3) is 0.533. The summed E-state index contributed by atoms with van der Waals surface area (Å²) in [5.74, 6) is -0.758. The molecule has 1 saturated heterocycles. The minimum atomic E-state index is -0.758. The maximum atomic E-state index is 11.1. The van der Waals surface area contributed by atoms with Crippen molar-refractivity contribution in [1.29, 1.82) is 0 Å². The largest absolute Gasteiger partial charge is 0.481 e. The monoisotopic (exact) mass is 263 g/mol. The molecule has 19 heavy (non-hydrogen) atoms. The molecule has 0 aliphatic carbocycles. The number of ether oxygens (including phenoxy) is 1. The highest BCUT2D eigenvalue weighted by atomic mass is 16.5. The van der Waals surface area contributed by atoms with Crippen LogP contribution in [0.5, 0.6) is 0 Å². The maximum Gasteiger partial charge on any atom is 0.305 e. The van der Waals surface area contributed by atoms with Gasteiger partial charge in [0.2, 0.25) is 0 Å². The van der Waals surface area contributed by atoms with Crippen LogP contribution in [-0.2, 0) is 9.53 Å². The summed E-state index contributed by atoms with van der Waals surface area (Å²) in [7, 11) is 0. The van der Waals surface area contributed by atoms with Crippen molar-refractivity contribution in [1.82, 2.24) is 4.90 Å². The number of aliphatic carboxylic acids is 1. The van der Waals surface area contributed by atoms with E-state index < -0.39 is 5.97 Å². The summed E-state index contributed by atoms with van der Waals surface area (Å²) < 4.78 is 5.63. The van der Waals surface area contributed by atoms with Crippen LogP contribution in [0, 0.1) is 0 Å². The number of nitrogens with zero attached hydrogens (tertiary/aromatic N) is 1. The van der Waals surface area contributed by atoms with E-state index in [0.29, 0.717) is 0 Å². The first-order valence-corrected chi connectivity index (χ1v) is 6.79. The minimum Gasteiger partial charge on any atom is -0.481 e. The molecule has 1 fully saturated rings. The van der Waals surface area contributed by atoms with Crippen molar-refractivity contribution in [2.24, 2.45) is 0 Å². The molecule has 0 spiro atoms. The summed E-state index contributed by atoms with van der Waals surface area (Å²) in [6, 6.07) is 9.82. The fourth-order valence-corrected chi connectivity index (χ4v) is 2.61. The van der Waals surface area contributed by atoms with Crippen LogP contribution >= 0.6 is 0 Å². The van der Waals surface area contributed by atoms with Gasteiger partial charge in [-0.1, -0.05) is 30.3 Å². The molecule has 4 heteroatoms. The van der Waals surface area contributed by atoms with E-state index in [4.69, 9.17) is 9.84 Å². The number of carboxylic acid groups (broad SMARTS) is 1. The van der Waals surface area contributed by atoms with Gasteiger partial charge < -0.3 is 9.84 Å². The lowest BCUT2D eigenvalue weighted by Crippen LogP contribution is -2.35. The Labute approximate surface area is 114 Å². The van der Waals surface area contributed by atoms with E-state index in [1.165, 1.54) is 0 Å². The van der Waals surface area contributed by atoms with E-state index >= 15 is 0 Å². The van der Waals surface area contributed by atoms with E-state index in [2.05, 4.69) is 4.90 Å². The molecule has 0 bridgehead atoms. The van der Waals surface area contributed by atoms with Crippen LogP contribution in [0.4, 0.5) is 0 Å². The van der Waals surface area contributed by atoms with Gasteiger partial charge in [0.15, 0.2) is 0 Å². The van der Waals surface area contributed by atoms with Crippen LogP contribution in [0.2, 0.25) is 0 Å². The second kappa shape index (κ2) is 6.68. The number of carbonyl (C=O) groups is 1. The Hall–Kier alpha value is -1.39. The second-order valence-electron chi connectivity index (χ2n) is 5.05. The molecule has 1 N–H and O–H groups in total. The quantitative estimate of drug-likeness (QED) is 0.905. The van der Waals surface area contributed by atoms with Gasteiger partial charge in [0.25, 0.3) is 0 Å². The average molecular weight is 263 g/mol. The Morgan fingerprint density at radius 1 is 1.47 bits per heavy atom. The number of carboxylic acids is 1. The fourth-order valence-electron chi connectivity index (χ4n) is 2.61. The summed E-state index contributed by atoms with van der Waals surface area (Å²) >= 11 is 0. The van der Waals surface area contributed by atoms with E-state index in [1.54, 1.807) is 0 Å². The zero-order valence-corrected chi connectivity index (χ0v) is 11.3. The molecule has 1 aromatic rings. The molecule has 1 aliphatic rings. The summed E-state index contributed by atoms with van der Waals surface area (Å²) in [4.78, 5) is 13.4. The third-order valence-corrected chi connectivity index (χ3v) is 3.48. The molecule has 0 radical (unpaired) electrons. The standard InChI is InChI=1S/C15H21NO3/c1-12-11-16(8-5-9-19-12)14(10-15(17)18)13-6-3-2-4-7-13/h2-4,6-7,12,14H,5,8-11H2,1H3,(H,17,18). The van der Waals surface area contributed by atoms with Crippen molar-refractivity contribution in [3.8, 4) is 0 Å². The highest BCUT2D eigenvalue weighted by Gasteiger charge is 2.26. The molecule has 1 aromatic carbocycles. The zero-order chi connectivity index (χ0) is 13.7. The van der Waals surface area contributed by atoms with E-state index in [0.717, 1.165) is 31.7 Å². The maximum absolute atomic E-state index is 11.1. The van der Waals surface area contributed by atoms with Crippen LogP contribution in [0.15, 0.2) is 30.3 Å². The van der Waals surface area contributed by atoms with E-state index in [9.17, 15) is 4.79 Å². The van der Waals surface area contributed by atoms with Crippen LogP contribution in [0.25, 0.3) is 0 Å². The first-order valence-electron chi connectivity index (χ1n) is 6.79. The van der Waals surface area contributed by atoms with E-state index in [-0.39, 0.29) is 18.6 Å². The lowest BCUT2D eigenvalue weighted by molar-refractivity contribution is -0.138. The number of hydrogen-bond donors (Lipinski definition) is 1. The van der Waals surface area contributed by atoms with Crippen molar-refractivity contribution in [2.75, 3.05) is 19.7 Å². The molecule has 4 nitrogen and oxygen atoms in total. The van der Waals surface area contributed by atoms with Crippen molar-refractivity contribution < 1.29 is 14.6 Å². The molecule has 2 unspecified atom stereocenters. The van der Waals surface area contributed by atoms with Crippen molar-refractivity contribution in [3.63, 3.8) is 0 Å². The van der Waals surface area contributed by atoms with Gasteiger partial charge in [-0.25, -0.2) is 0 Å². The Bertz CT molecular complexity index is 407. The van der Waals surface area contributed by atoms with Gasteiger partial charge in [-0.05, 0) is 18.9 Å². The molecule has 2 atom stereocenters. The summed E-state index contributed by atoms with van der Waals surface area (Å²) in [6.07, 6.45) is 1.24. The van der Waals surface area contributed by atoms with E-state index in [1.807, 2.05) is 37.3 Å². The third-order valence-electron chi connectivity index (χ3n) is 3.48. The lowest BCUT2D eigenvalue weighted by Gasteiger charge is -2.31. The predicted octanol–water partition coefficient (Wildman–Crippen LogP) is 2.31. The molecular formula is C15H21NO3. The smallest absolute Gasteiger partial charge is 0.305 e. The van der Waals surface area contributed by atoms with Gasteiger partial charge in [0, 0.05) is 25.7 Å². The van der Waals surface area contributed by atoms with Crippen molar-refractivity contribution in [2.45, 2.75) is 31.9 Å². The predicted molar refractivity (Wildman–Crippen MR) is 73.0 cm³/mol. The SMILES string of the molecule is CC1CN(C(CC(=O)O)c2ccccc2)CCCO1. The van der Waals surface area contributed by atoms with Crippen LogP contribution in [0.3, 0.4) is 0 Å². The Balaban J connectivity index is 2.19. The van der Waals surface area contributed by atoms with Crippen molar-refractivity contribution >= 4 is 5.97 Å². The zero-order valence-electron chi connectivity index (χ0n) is 11.3. The molecule has 0 amide bonds. The van der Waals surface area contributed by atoms with Crippen LogP contribution in [0.1, 0.15) is 31.4 Å². The molecule has 2 rings (SSSR count). The Morgan fingerprint density at radius 2 is 2.21 bits per heavy atom. The molecule has 1 heterocycles. The van der Waals surface area contributed by atoms with Gasteiger partial charge in [-0.2, -0.15) is 0 Å². The third kappa shape index (κ3) is 4.04. The molecule has 104 valence electrons. The lowest BCUT2D eigenvalue weighted by atomic mass is 10.0. The average Bonchev–Trinajstić information content (AvgIpc) is 2.61. The summed E-state index contributed by atoms with van der Waals surface area (Å²) in [6.45, 7) is 4.47. The molecule has 0 aromatic heterocycles. The first kappa shape index (κ1) is 14.0. The highest BCUT2D eigenvalue weighted by molar-refractivity contribution is 5.68. The topological polar surface area (TPSA) is 49.8 Å². The Kier molecular flexibility index (Phi) is 4.93. The molecule has 1 aliphatic heterocycles. The minimum absolute atomic E-state index is 0.0668.